The highest BCUT2D eigenvalue weighted by Crippen LogP contribution is 2.12. The topological polar surface area (TPSA) is 102 Å². The molecule has 1 amide bonds. The molecular weight excluding hydrogens is 320 g/mol. The minimum atomic E-state index is -0.805. The van der Waals surface area contributed by atoms with Gasteiger partial charge in [-0.15, -0.1) is 12.4 Å². The maximum atomic E-state index is 12.1. The average Bonchev–Trinajstić information content (AvgIpc) is 2.47. The first-order valence-electron chi connectivity index (χ1n) is 7.25. The molecule has 0 aliphatic heterocycles. The van der Waals surface area contributed by atoms with E-state index >= 15 is 0 Å². The zero-order chi connectivity index (χ0) is 16.7. The van der Waals surface area contributed by atoms with E-state index < -0.39 is 18.1 Å². The molecule has 23 heavy (non-hydrogen) atoms. The summed E-state index contributed by atoms with van der Waals surface area (Å²) in [5.41, 5.74) is 6.62. The van der Waals surface area contributed by atoms with Crippen LogP contribution in [0.3, 0.4) is 0 Å². The highest BCUT2D eigenvalue weighted by molar-refractivity contribution is 5.87. The number of esters is 1. The van der Waals surface area contributed by atoms with Crippen molar-refractivity contribution in [2.75, 3.05) is 7.11 Å². The van der Waals surface area contributed by atoms with E-state index in [4.69, 9.17) is 10.5 Å². The van der Waals surface area contributed by atoms with E-state index in [0.717, 1.165) is 5.56 Å². The fourth-order valence-electron chi connectivity index (χ4n) is 2.10. The number of phenolic OH excluding ortho intramolecular Hbond substituents is 1. The van der Waals surface area contributed by atoms with Gasteiger partial charge < -0.3 is 20.9 Å². The molecule has 0 aromatic heterocycles. The lowest BCUT2D eigenvalue weighted by atomic mass is 10.0. The summed E-state index contributed by atoms with van der Waals surface area (Å²) in [4.78, 5) is 23.9. The Morgan fingerprint density at radius 3 is 2.30 bits per heavy atom. The Hall–Kier alpha value is -1.79. The fraction of sp³-hybridized carbons (Fsp3) is 0.500. The van der Waals surface area contributed by atoms with Crippen molar-refractivity contribution in [3.05, 3.63) is 29.8 Å². The van der Waals surface area contributed by atoms with Gasteiger partial charge in [0, 0.05) is 6.42 Å². The Balaban J connectivity index is 0.00000484. The van der Waals surface area contributed by atoms with Crippen molar-refractivity contribution in [1.82, 2.24) is 5.32 Å². The van der Waals surface area contributed by atoms with E-state index in [0.29, 0.717) is 6.42 Å². The predicted octanol–water partition coefficient (Wildman–Crippen LogP) is 1.39. The van der Waals surface area contributed by atoms with Crippen molar-refractivity contribution in [3.63, 3.8) is 0 Å². The molecule has 1 rings (SSSR count). The lowest BCUT2D eigenvalue weighted by Gasteiger charge is -2.20. The van der Waals surface area contributed by atoms with Crippen LogP contribution in [0.5, 0.6) is 5.75 Å². The molecule has 0 fully saturated rings. The summed E-state index contributed by atoms with van der Waals surface area (Å²) in [7, 11) is 1.27. The molecule has 1 aromatic rings. The molecule has 4 N–H and O–H groups in total. The number of hydrogen-bond donors (Lipinski definition) is 3. The Kier molecular flexibility index (Phi) is 9.29. The third kappa shape index (κ3) is 7.34. The Labute approximate surface area is 142 Å². The van der Waals surface area contributed by atoms with E-state index in [-0.39, 0.29) is 36.4 Å². The van der Waals surface area contributed by atoms with Crippen molar-refractivity contribution in [3.8, 4) is 5.75 Å². The highest BCUT2D eigenvalue weighted by atomic mass is 35.5. The molecule has 0 unspecified atom stereocenters. The molecular formula is C16H25ClN2O4. The number of benzene rings is 1. The number of methoxy groups -OCH3 is 1. The zero-order valence-electron chi connectivity index (χ0n) is 13.6. The van der Waals surface area contributed by atoms with Crippen molar-refractivity contribution >= 4 is 24.3 Å². The fourth-order valence-corrected chi connectivity index (χ4v) is 2.10. The molecule has 0 aliphatic carbocycles. The highest BCUT2D eigenvalue weighted by Gasteiger charge is 2.25. The largest absolute Gasteiger partial charge is 0.508 e. The van der Waals surface area contributed by atoms with Crippen LogP contribution in [0.15, 0.2) is 24.3 Å². The van der Waals surface area contributed by atoms with Crippen LogP contribution in [0.2, 0.25) is 0 Å². The summed E-state index contributed by atoms with van der Waals surface area (Å²) < 4.78 is 4.73. The number of hydrogen-bond acceptors (Lipinski definition) is 5. The first kappa shape index (κ1) is 21.2. The van der Waals surface area contributed by atoms with Gasteiger partial charge >= 0.3 is 5.97 Å². The van der Waals surface area contributed by atoms with Crippen LogP contribution >= 0.6 is 12.4 Å². The summed E-state index contributed by atoms with van der Waals surface area (Å²) in [5.74, 6) is -0.475. The van der Waals surface area contributed by atoms with Gasteiger partial charge in [-0.3, -0.25) is 4.79 Å². The molecule has 1 aromatic carbocycles. The number of nitrogens with two attached hydrogens (primary N) is 1. The minimum Gasteiger partial charge on any atom is -0.508 e. The second-order valence-corrected chi connectivity index (χ2v) is 5.69. The van der Waals surface area contributed by atoms with Gasteiger partial charge in [0.05, 0.1) is 13.2 Å². The summed E-state index contributed by atoms with van der Waals surface area (Å²) >= 11 is 0. The maximum Gasteiger partial charge on any atom is 0.328 e. The van der Waals surface area contributed by atoms with Crippen molar-refractivity contribution in [2.24, 2.45) is 11.7 Å². The third-order valence-corrected chi connectivity index (χ3v) is 3.24. The van der Waals surface area contributed by atoms with Crippen LogP contribution in [0.25, 0.3) is 0 Å². The molecule has 0 spiro atoms. The van der Waals surface area contributed by atoms with E-state index in [1.807, 2.05) is 13.8 Å². The number of aromatic hydroxyl groups is 1. The zero-order valence-corrected chi connectivity index (χ0v) is 14.4. The molecule has 7 heteroatoms. The van der Waals surface area contributed by atoms with E-state index in [1.54, 1.807) is 12.1 Å². The van der Waals surface area contributed by atoms with Crippen LogP contribution in [0, 0.1) is 5.92 Å². The summed E-state index contributed by atoms with van der Waals surface area (Å²) in [6.45, 7) is 3.95. The van der Waals surface area contributed by atoms with Crippen molar-refractivity contribution in [1.29, 1.82) is 0 Å². The molecule has 6 nitrogen and oxygen atoms in total. The van der Waals surface area contributed by atoms with Gasteiger partial charge in [-0.05, 0) is 30.0 Å². The van der Waals surface area contributed by atoms with Crippen LogP contribution in [-0.2, 0) is 20.7 Å². The van der Waals surface area contributed by atoms with Gasteiger partial charge in [-0.2, -0.15) is 0 Å². The van der Waals surface area contributed by atoms with E-state index in [2.05, 4.69) is 5.32 Å². The lowest BCUT2D eigenvalue weighted by Crippen LogP contribution is -2.50. The number of nitrogens with one attached hydrogen (secondary N) is 1. The van der Waals surface area contributed by atoms with Crippen molar-refractivity contribution in [2.45, 2.75) is 38.8 Å². The van der Waals surface area contributed by atoms with E-state index in [1.165, 1.54) is 19.2 Å². The molecule has 0 saturated carbocycles. The number of carbonyl (C=O) groups is 2. The first-order chi connectivity index (χ1) is 10.3. The van der Waals surface area contributed by atoms with Crippen LogP contribution < -0.4 is 11.1 Å². The SMILES string of the molecule is COC(=O)[C@H](Cc1ccc(O)cc1)NC(=O)[C@@H](N)CC(C)C.Cl. The number of amides is 1. The Bertz CT molecular complexity index is 505. The third-order valence-electron chi connectivity index (χ3n) is 3.24. The minimum absolute atomic E-state index is 0. The summed E-state index contributed by atoms with van der Waals surface area (Å²) in [6.07, 6.45) is 0.812. The normalized spacial score (nSPS) is 12.9. The summed E-state index contributed by atoms with van der Waals surface area (Å²) in [5, 5.41) is 11.9. The molecule has 130 valence electrons. The van der Waals surface area contributed by atoms with Gasteiger partial charge in [0.1, 0.15) is 11.8 Å². The first-order valence-corrected chi connectivity index (χ1v) is 7.25. The smallest absolute Gasteiger partial charge is 0.328 e. The number of rotatable bonds is 7. The van der Waals surface area contributed by atoms with Gasteiger partial charge in [-0.1, -0.05) is 26.0 Å². The van der Waals surface area contributed by atoms with Gasteiger partial charge in [-0.25, -0.2) is 4.79 Å². The maximum absolute atomic E-state index is 12.1. The van der Waals surface area contributed by atoms with Gasteiger partial charge in [0.25, 0.3) is 0 Å². The second kappa shape index (κ2) is 10.1. The van der Waals surface area contributed by atoms with Gasteiger partial charge in [0.2, 0.25) is 5.91 Å². The molecule has 0 radical (unpaired) electrons. The quantitative estimate of drug-likeness (QED) is 0.649. The number of carbonyl (C=O) groups excluding carboxylic acids is 2. The monoisotopic (exact) mass is 344 g/mol. The van der Waals surface area contributed by atoms with Gasteiger partial charge in [0.15, 0.2) is 0 Å². The second-order valence-electron chi connectivity index (χ2n) is 5.69. The predicted molar refractivity (Wildman–Crippen MR) is 90.4 cm³/mol. The number of ether oxygens (including phenoxy) is 1. The summed E-state index contributed by atoms with van der Waals surface area (Å²) in [6, 6.07) is 4.95. The Morgan fingerprint density at radius 1 is 1.26 bits per heavy atom. The Morgan fingerprint density at radius 2 is 1.83 bits per heavy atom. The molecule has 0 heterocycles. The number of halogens is 1. The number of phenols is 1. The molecule has 0 saturated heterocycles. The van der Waals surface area contributed by atoms with Crippen LogP contribution in [0.1, 0.15) is 25.8 Å². The standard InChI is InChI=1S/C16H24N2O4.ClH/c1-10(2)8-13(17)15(20)18-14(16(21)22-3)9-11-4-6-12(19)7-5-11;/h4-7,10,13-14,19H,8-9,17H2,1-3H3,(H,18,20);1H/t13-,14-;/m0./s1. The lowest BCUT2D eigenvalue weighted by molar-refractivity contribution is -0.145. The van der Waals surface area contributed by atoms with E-state index in [9.17, 15) is 14.7 Å². The van der Waals surface area contributed by atoms with Crippen LogP contribution in [0.4, 0.5) is 0 Å². The molecule has 2 atom stereocenters. The molecule has 0 aliphatic rings. The molecule has 0 bridgehead atoms. The average molecular weight is 345 g/mol. The van der Waals surface area contributed by atoms with Crippen molar-refractivity contribution < 1.29 is 19.4 Å². The van der Waals surface area contributed by atoms with Crippen LogP contribution in [-0.4, -0.2) is 36.2 Å².